The second kappa shape index (κ2) is 16.7. The first-order valence-corrected chi connectivity index (χ1v) is 17.4. The van der Waals surface area contributed by atoms with Crippen molar-refractivity contribution in [2.75, 3.05) is 45.5 Å². The minimum Gasteiger partial charge on any atom is -0.490 e. The summed E-state index contributed by atoms with van der Waals surface area (Å²) in [5.41, 5.74) is 2.09. The fraction of sp³-hybridized carbons (Fsp3) is 0.622. The van der Waals surface area contributed by atoms with E-state index in [9.17, 15) is 14.7 Å². The number of carbonyl (C=O) groups is 2. The van der Waals surface area contributed by atoms with E-state index in [1.165, 1.54) is 6.42 Å². The van der Waals surface area contributed by atoms with Crippen LogP contribution in [0, 0.1) is 11.8 Å². The number of carbonyl (C=O) groups excluding carboxylic acids is 2. The van der Waals surface area contributed by atoms with Crippen molar-refractivity contribution in [3.63, 3.8) is 0 Å². The van der Waals surface area contributed by atoms with Gasteiger partial charge in [0.1, 0.15) is 5.75 Å². The van der Waals surface area contributed by atoms with Crippen LogP contribution >= 0.6 is 0 Å². The van der Waals surface area contributed by atoms with E-state index < -0.39 is 6.04 Å². The van der Waals surface area contributed by atoms with E-state index in [2.05, 4.69) is 30.3 Å². The van der Waals surface area contributed by atoms with Gasteiger partial charge < -0.3 is 34.3 Å². The molecule has 2 N–H and O–H groups in total. The zero-order valence-electron chi connectivity index (χ0n) is 28.5. The summed E-state index contributed by atoms with van der Waals surface area (Å²) < 4.78 is 23.9. The van der Waals surface area contributed by atoms with Crippen LogP contribution in [0.3, 0.4) is 0 Å². The minimum absolute atomic E-state index is 0.00346. The molecule has 10 nitrogen and oxygen atoms in total. The van der Waals surface area contributed by atoms with E-state index in [1.54, 1.807) is 17.0 Å². The van der Waals surface area contributed by atoms with Gasteiger partial charge in [0.25, 0.3) is 5.91 Å². The number of aliphatic hydroxyl groups excluding tert-OH is 1. The molecule has 0 spiro atoms. The number of hydrogen-bond acceptors (Lipinski definition) is 8. The maximum atomic E-state index is 14.4. The topological polar surface area (TPSA) is 110 Å². The molecule has 1 fully saturated rings. The molecule has 0 bridgehead atoms. The Morgan fingerprint density at radius 2 is 1.74 bits per heavy atom. The van der Waals surface area contributed by atoms with Crippen molar-refractivity contribution >= 4 is 17.5 Å². The van der Waals surface area contributed by atoms with Crippen molar-refractivity contribution in [2.45, 2.75) is 96.9 Å². The standard InChI is InChI=1S/C37H53N3O7/c1-25-20-40(26(2)23-41)37(43)31-19-30(38-36(42)29-11-6-5-7-12-29)14-16-32(31)47-27(3)10-8-9-17-44-35(25)22-39(4)21-28-13-15-33-34(18-28)46-24-45-33/h13-16,18-19,25-27,29,35,41H,5-12,17,20-24H2,1-4H3,(H,38,42)/t25-,26+,27+,35-/m0/s1. The molecule has 2 aromatic rings. The largest absolute Gasteiger partial charge is 0.490 e. The summed E-state index contributed by atoms with van der Waals surface area (Å²) in [5, 5.41) is 13.3. The maximum Gasteiger partial charge on any atom is 0.258 e. The quantitative estimate of drug-likeness (QED) is 0.365. The van der Waals surface area contributed by atoms with E-state index in [4.69, 9.17) is 18.9 Å². The fourth-order valence-electron chi connectivity index (χ4n) is 6.79. The second-order valence-corrected chi connectivity index (χ2v) is 13.7. The number of likely N-dealkylation sites (N-methyl/N-ethyl adjacent to an activating group) is 1. The van der Waals surface area contributed by atoms with Gasteiger partial charge in [0.2, 0.25) is 12.7 Å². The molecular weight excluding hydrogens is 598 g/mol. The molecule has 1 aliphatic carbocycles. The lowest BCUT2D eigenvalue weighted by Gasteiger charge is -2.36. The van der Waals surface area contributed by atoms with Crippen molar-refractivity contribution in [1.29, 1.82) is 0 Å². The van der Waals surface area contributed by atoms with Gasteiger partial charge in [-0.2, -0.15) is 0 Å². The van der Waals surface area contributed by atoms with Crippen LogP contribution in [0.15, 0.2) is 36.4 Å². The van der Waals surface area contributed by atoms with E-state index in [-0.39, 0.29) is 49.3 Å². The molecule has 2 amide bonds. The Morgan fingerprint density at radius 1 is 1.00 bits per heavy atom. The van der Waals surface area contributed by atoms with Crippen LogP contribution in [0.1, 0.15) is 88.1 Å². The first-order chi connectivity index (χ1) is 22.7. The van der Waals surface area contributed by atoms with Crippen LogP contribution in [-0.4, -0.2) is 85.1 Å². The lowest BCUT2D eigenvalue weighted by atomic mass is 9.88. The summed E-state index contributed by atoms with van der Waals surface area (Å²) in [6.45, 7) is 8.41. The first-order valence-electron chi connectivity index (χ1n) is 17.4. The van der Waals surface area contributed by atoms with Gasteiger partial charge in [0.15, 0.2) is 11.5 Å². The smallest absolute Gasteiger partial charge is 0.258 e. The SMILES string of the molecule is C[C@@H]1CCCCO[C@@H](CN(C)Cc2ccc3c(c2)OCO3)[C@@H](C)CN([C@H](C)CO)C(=O)c2cc(NC(=O)C3CCCCC3)ccc2O1. The minimum atomic E-state index is -0.435. The molecule has 0 aromatic heterocycles. The Kier molecular flexibility index (Phi) is 12.4. The fourth-order valence-corrected chi connectivity index (χ4v) is 6.79. The lowest BCUT2D eigenvalue weighted by Crippen LogP contribution is -2.47. The zero-order valence-corrected chi connectivity index (χ0v) is 28.5. The molecule has 47 heavy (non-hydrogen) atoms. The Balaban J connectivity index is 1.36. The van der Waals surface area contributed by atoms with E-state index >= 15 is 0 Å². The van der Waals surface area contributed by atoms with E-state index in [0.717, 1.165) is 62.0 Å². The van der Waals surface area contributed by atoms with E-state index in [1.807, 2.05) is 32.0 Å². The number of rotatable bonds is 8. The molecule has 10 heteroatoms. The molecule has 5 rings (SSSR count). The van der Waals surface area contributed by atoms with Crippen LogP contribution < -0.4 is 19.5 Å². The molecule has 2 heterocycles. The van der Waals surface area contributed by atoms with Gasteiger partial charge in [0, 0.05) is 43.8 Å². The third-order valence-electron chi connectivity index (χ3n) is 9.68. The van der Waals surface area contributed by atoms with Crippen LogP contribution in [0.2, 0.25) is 0 Å². The molecule has 1 saturated carbocycles. The van der Waals surface area contributed by atoms with Crippen LogP contribution in [0.25, 0.3) is 0 Å². The van der Waals surface area contributed by atoms with Gasteiger partial charge in [-0.25, -0.2) is 0 Å². The number of aliphatic hydroxyl groups is 1. The van der Waals surface area contributed by atoms with Crippen LogP contribution in [-0.2, 0) is 16.1 Å². The molecule has 0 saturated heterocycles. The number of nitrogens with one attached hydrogen (secondary N) is 1. The van der Waals surface area contributed by atoms with E-state index in [0.29, 0.717) is 43.2 Å². The normalized spacial score (nSPS) is 23.5. The third-order valence-corrected chi connectivity index (χ3v) is 9.68. The van der Waals surface area contributed by atoms with Crippen LogP contribution in [0.5, 0.6) is 17.2 Å². The summed E-state index contributed by atoms with van der Waals surface area (Å²) in [6, 6.07) is 11.0. The Bertz CT molecular complexity index is 1350. The highest BCUT2D eigenvalue weighted by atomic mass is 16.7. The molecule has 2 aliphatic heterocycles. The summed E-state index contributed by atoms with van der Waals surface area (Å²) in [4.78, 5) is 31.5. The number of nitrogens with zero attached hydrogens (tertiary/aromatic N) is 2. The Morgan fingerprint density at radius 3 is 2.53 bits per heavy atom. The maximum absolute atomic E-state index is 14.4. The second-order valence-electron chi connectivity index (χ2n) is 13.7. The summed E-state index contributed by atoms with van der Waals surface area (Å²) in [7, 11) is 2.07. The monoisotopic (exact) mass is 651 g/mol. The van der Waals surface area contributed by atoms with Crippen molar-refractivity contribution in [3.05, 3.63) is 47.5 Å². The molecule has 258 valence electrons. The van der Waals surface area contributed by atoms with Gasteiger partial charge in [-0.05, 0) is 88.9 Å². The highest BCUT2D eigenvalue weighted by Gasteiger charge is 2.31. The number of amides is 2. The van der Waals surface area contributed by atoms with Gasteiger partial charge in [-0.3, -0.25) is 14.5 Å². The van der Waals surface area contributed by atoms with Gasteiger partial charge in [0.05, 0.1) is 30.4 Å². The number of anilines is 1. The summed E-state index contributed by atoms with van der Waals surface area (Å²) in [5.74, 6) is 1.76. The van der Waals surface area contributed by atoms with Crippen LogP contribution in [0.4, 0.5) is 5.69 Å². The number of benzene rings is 2. The third kappa shape index (κ3) is 9.39. The molecule has 0 unspecified atom stereocenters. The molecular formula is C37H53N3O7. The van der Waals surface area contributed by atoms with Gasteiger partial charge in [-0.1, -0.05) is 32.3 Å². The van der Waals surface area contributed by atoms with Crippen molar-refractivity contribution in [2.24, 2.45) is 11.8 Å². The number of fused-ring (bicyclic) bond motifs is 2. The van der Waals surface area contributed by atoms with Gasteiger partial charge in [-0.15, -0.1) is 0 Å². The summed E-state index contributed by atoms with van der Waals surface area (Å²) in [6.07, 6.45) is 7.49. The molecule has 4 atom stereocenters. The van der Waals surface area contributed by atoms with Crippen molar-refractivity contribution in [1.82, 2.24) is 9.80 Å². The highest BCUT2D eigenvalue weighted by molar-refractivity contribution is 6.00. The summed E-state index contributed by atoms with van der Waals surface area (Å²) >= 11 is 0. The molecule has 2 aromatic carbocycles. The Labute approximate surface area is 279 Å². The predicted octanol–water partition coefficient (Wildman–Crippen LogP) is 5.86. The molecule has 0 radical (unpaired) electrons. The van der Waals surface area contributed by atoms with Crippen molar-refractivity contribution in [3.8, 4) is 17.2 Å². The zero-order chi connectivity index (χ0) is 33.3. The number of hydrogen-bond donors (Lipinski definition) is 2. The average molecular weight is 652 g/mol. The predicted molar refractivity (Wildman–Crippen MR) is 181 cm³/mol. The Hall–Kier alpha value is -3.34. The first kappa shape index (κ1) is 35.0. The molecule has 3 aliphatic rings. The average Bonchev–Trinajstić information content (AvgIpc) is 3.54. The van der Waals surface area contributed by atoms with Crippen molar-refractivity contribution < 1.29 is 33.6 Å². The lowest BCUT2D eigenvalue weighted by molar-refractivity contribution is -0.120. The number of ether oxygens (including phenoxy) is 4. The highest BCUT2D eigenvalue weighted by Crippen LogP contribution is 2.33. The van der Waals surface area contributed by atoms with Gasteiger partial charge >= 0.3 is 0 Å².